The van der Waals surface area contributed by atoms with Gasteiger partial charge in [-0.25, -0.2) is 9.59 Å². The molecule has 4 N–H and O–H groups in total. The minimum atomic E-state index is -0.620. The van der Waals surface area contributed by atoms with E-state index in [4.69, 9.17) is 18.9 Å². The lowest BCUT2D eigenvalue weighted by molar-refractivity contribution is 0.128. The maximum atomic E-state index is 12.3. The molecular weight excluding hydrogens is 576 g/mol. The second-order valence-electron chi connectivity index (χ2n) is 10.3. The van der Waals surface area contributed by atoms with Crippen LogP contribution in [0.4, 0.5) is 9.59 Å². The molecule has 4 aromatic carbocycles. The second kappa shape index (κ2) is 17.3. The smallest absolute Gasteiger partial charge is 0.407 e. The number of ether oxygens (including phenoxy) is 4. The van der Waals surface area contributed by atoms with Gasteiger partial charge in [-0.15, -0.1) is 0 Å². The Balaban J connectivity index is 1.30. The highest BCUT2D eigenvalue weighted by molar-refractivity contribution is 5.68. The van der Waals surface area contributed by atoms with Crippen molar-refractivity contribution >= 4 is 12.2 Å². The molecule has 0 aliphatic carbocycles. The fraction of sp³-hybridized carbons (Fsp3) is 0.257. The van der Waals surface area contributed by atoms with E-state index in [1.165, 1.54) is 0 Å². The van der Waals surface area contributed by atoms with Crippen molar-refractivity contribution < 1.29 is 38.7 Å². The topological polar surface area (TPSA) is 136 Å². The number of rotatable bonds is 15. The van der Waals surface area contributed by atoms with E-state index in [-0.39, 0.29) is 26.4 Å². The molecule has 45 heavy (non-hydrogen) atoms. The monoisotopic (exact) mass is 614 g/mol. The summed E-state index contributed by atoms with van der Waals surface area (Å²) in [7, 11) is 1.54. The number of carbonyl (C=O) groups is 2. The van der Waals surface area contributed by atoms with Gasteiger partial charge in [-0.2, -0.15) is 0 Å². The molecular formula is C35H38N2O8. The van der Waals surface area contributed by atoms with Crippen LogP contribution in [0.2, 0.25) is 0 Å². The van der Waals surface area contributed by atoms with Gasteiger partial charge in [0.05, 0.1) is 32.4 Å². The first-order valence-electron chi connectivity index (χ1n) is 14.6. The zero-order valence-electron chi connectivity index (χ0n) is 25.1. The number of nitrogens with one attached hydrogen (secondary N) is 2. The summed E-state index contributed by atoms with van der Waals surface area (Å²) in [6.07, 6.45) is -0.503. The maximum Gasteiger partial charge on any atom is 0.407 e. The number of hydrogen-bond acceptors (Lipinski definition) is 8. The Morgan fingerprint density at radius 1 is 0.622 bits per heavy atom. The van der Waals surface area contributed by atoms with E-state index in [0.717, 1.165) is 22.3 Å². The van der Waals surface area contributed by atoms with Gasteiger partial charge in [0.15, 0.2) is 11.5 Å². The van der Waals surface area contributed by atoms with E-state index in [1.807, 2.05) is 78.9 Å². The first kappa shape index (κ1) is 32.8. The standard InChI is InChI=1S/C35H38N2O8/c1-42-32-17-14-28(19-30(22-39)37-35(41)44-24-27-10-6-3-7-11-27)20-33(32)45-31-15-12-25(13-16-31)18-29(21-38)36-34(40)43-23-26-8-4-2-5-9-26/h2-17,20,29-30,38-39H,18-19,21-24H2,1H3,(H,36,40)(H,37,41). The Bertz CT molecular complexity index is 1480. The van der Waals surface area contributed by atoms with Crippen molar-refractivity contribution in [3.05, 3.63) is 125 Å². The summed E-state index contributed by atoms with van der Waals surface area (Å²) in [5, 5.41) is 25.1. The zero-order valence-corrected chi connectivity index (χ0v) is 25.1. The first-order valence-corrected chi connectivity index (χ1v) is 14.6. The number of carbonyl (C=O) groups excluding carboxylic acids is 2. The van der Waals surface area contributed by atoms with Crippen molar-refractivity contribution in [2.24, 2.45) is 0 Å². The molecule has 4 rings (SSSR count). The van der Waals surface area contributed by atoms with Crippen molar-refractivity contribution in [3.8, 4) is 17.2 Å². The van der Waals surface area contributed by atoms with Crippen LogP contribution in [0.5, 0.6) is 17.2 Å². The lowest BCUT2D eigenvalue weighted by atomic mass is 10.1. The first-order chi connectivity index (χ1) is 21.9. The van der Waals surface area contributed by atoms with Crippen LogP contribution >= 0.6 is 0 Å². The minimum absolute atomic E-state index is 0.128. The van der Waals surface area contributed by atoms with E-state index in [9.17, 15) is 19.8 Å². The summed E-state index contributed by atoms with van der Waals surface area (Å²) in [6.45, 7) is -0.266. The van der Waals surface area contributed by atoms with Crippen LogP contribution < -0.4 is 20.1 Å². The lowest BCUT2D eigenvalue weighted by Gasteiger charge is -2.18. The molecule has 0 fully saturated rings. The van der Waals surface area contributed by atoms with Gasteiger partial charge in [0, 0.05) is 0 Å². The molecule has 4 aromatic rings. The summed E-state index contributed by atoms with van der Waals surface area (Å²) in [6, 6.07) is 30.2. The van der Waals surface area contributed by atoms with Crippen LogP contribution in [0, 0.1) is 0 Å². The van der Waals surface area contributed by atoms with Crippen LogP contribution in [0.25, 0.3) is 0 Å². The number of amides is 2. The van der Waals surface area contributed by atoms with Gasteiger partial charge >= 0.3 is 12.2 Å². The average molecular weight is 615 g/mol. The van der Waals surface area contributed by atoms with Crippen LogP contribution in [0.15, 0.2) is 103 Å². The van der Waals surface area contributed by atoms with E-state index in [2.05, 4.69) is 10.6 Å². The molecule has 2 amide bonds. The molecule has 0 aliphatic heterocycles. The van der Waals surface area contributed by atoms with E-state index in [0.29, 0.717) is 30.1 Å². The quantitative estimate of drug-likeness (QED) is 0.144. The van der Waals surface area contributed by atoms with Crippen molar-refractivity contribution in [2.75, 3.05) is 20.3 Å². The van der Waals surface area contributed by atoms with Crippen molar-refractivity contribution in [2.45, 2.75) is 38.1 Å². The summed E-state index contributed by atoms with van der Waals surface area (Å²) in [4.78, 5) is 24.5. The molecule has 0 aromatic heterocycles. The number of aliphatic hydroxyl groups is 2. The molecule has 0 bridgehead atoms. The summed E-state index contributed by atoms with van der Waals surface area (Å²) in [5.41, 5.74) is 3.42. The third kappa shape index (κ3) is 10.9. The maximum absolute atomic E-state index is 12.3. The normalized spacial score (nSPS) is 12.0. The highest BCUT2D eigenvalue weighted by Gasteiger charge is 2.17. The lowest BCUT2D eigenvalue weighted by Crippen LogP contribution is -2.39. The summed E-state index contributed by atoms with van der Waals surface area (Å²) in [5.74, 6) is 1.52. The Labute approximate surface area is 262 Å². The number of alkyl carbamates (subject to hydrolysis) is 2. The van der Waals surface area contributed by atoms with Gasteiger partial charge < -0.3 is 39.8 Å². The van der Waals surface area contributed by atoms with E-state index < -0.39 is 24.3 Å². The Kier molecular flexibility index (Phi) is 12.6. The predicted molar refractivity (Wildman–Crippen MR) is 168 cm³/mol. The third-order valence-corrected chi connectivity index (χ3v) is 6.85. The van der Waals surface area contributed by atoms with Gasteiger partial charge in [0.25, 0.3) is 0 Å². The fourth-order valence-corrected chi connectivity index (χ4v) is 4.50. The van der Waals surface area contributed by atoms with Gasteiger partial charge in [-0.1, -0.05) is 78.9 Å². The molecule has 236 valence electrons. The number of benzene rings is 4. The molecule has 0 spiro atoms. The van der Waals surface area contributed by atoms with Crippen molar-refractivity contribution in [1.82, 2.24) is 10.6 Å². The second-order valence-corrected chi connectivity index (χ2v) is 10.3. The SMILES string of the molecule is COc1ccc(CC(CO)NC(=O)OCc2ccccc2)cc1Oc1ccc(CC(CO)NC(=O)OCc2ccccc2)cc1. The largest absolute Gasteiger partial charge is 0.493 e. The molecule has 0 heterocycles. The van der Waals surface area contributed by atoms with Gasteiger partial charge in [-0.3, -0.25) is 0 Å². The Hall–Kier alpha value is -5.06. The van der Waals surface area contributed by atoms with E-state index >= 15 is 0 Å². The average Bonchev–Trinajstić information content (AvgIpc) is 3.07. The molecule has 0 saturated carbocycles. The van der Waals surface area contributed by atoms with Gasteiger partial charge in [-0.05, 0) is 59.4 Å². The number of hydrogen-bond donors (Lipinski definition) is 4. The number of methoxy groups -OCH3 is 1. The molecule has 2 unspecified atom stereocenters. The highest BCUT2D eigenvalue weighted by Crippen LogP contribution is 2.33. The Morgan fingerprint density at radius 3 is 1.60 bits per heavy atom. The van der Waals surface area contributed by atoms with Crippen molar-refractivity contribution in [1.29, 1.82) is 0 Å². The molecule has 10 nitrogen and oxygen atoms in total. The molecule has 10 heteroatoms. The zero-order chi connectivity index (χ0) is 31.9. The molecule has 0 radical (unpaired) electrons. The van der Waals surface area contributed by atoms with Crippen LogP contribution in [-0.4, -0.2) is 54.8 Å². The third-order valence-electron chi connectivity index (χ3n) is 6.85. The van der Waals surface area contributed by atoms with Gasteiger partial charge in [0.1, 0.15) is 19.0 Å². The van der Waals surface area contributed by atoms with E-state index in [1.54, 1.807) is 31.4 Å². The summed E-state index contributed by atoms with van der Waals surface area (Å²) >= 11 is 0. The number of aliphatic hydroxyl groups excluding tert-OH is 2. The molecule has 2 atom stereocenters. The fourth-order valence-electron chi connectivity index (χ4n) is 4.50. The predicted octanol–water partition coefficient (Wildman–Crippen LogP) is 5.15. The minimum Gasteiger partial charge on any atom is -0.493 e. The highest BCUT2D eigenvalue weighted by atomic mass is 16.6. The summed E-state index contributed by atoms with van der Waals surface area (Å²) < 4.78 is 22.1. The van der Waals surface area contributed by atoms with Crippen LogP contribution in [-0.2, 0) is 35.5 Å². The van der Waals surface area contributed by atoms with Crippen LogP contribution in [0.3, 0.4) is 0 Å². The van der Waals surface area contributed by atoms with Gasteiger partial charge in [0.2, 0.25) is 0 Å². The molecule has 0 saturated heterocycles. The molecule has 0 aliphatic rings. The van der Waals surface area contributed by atoms with Crippen LogP contribution in [0.1, 0.15) is 22.3 Å². The Morgan fingerprint density at radius 2 is 1.11 bits per heavy atom. The van der Waals surface area contributed by atoms with Crippen molar-refractivity contribution in [3.63, 3.8) is 0 Å².